The largest absolute Gasteiger partial charge is 0.508 e. The number of phenolic OH excluding ortho intramolecular Hbond substituents is 1. The van der Waals surface area contributed by atoms with E-state index in [4.69, 9.17) is 0 Å². The average molecular weight is 402 g/mol. The highest BCUT2D eigenvalue weighted by molar-refractivity contribution is 6.07. The minimum absolute atomic E-state index is 0.0157. The number of aryl methyl sites for hydroxylation is 1. The van der Waals surface area contributed by atoms with Gasteiger partial charge in [0.15, 0.2) is 5.65 Å². The highest BCUT2D eigenvalue weighted by Gasteiger charge is 2.26. The van der Waals surface area contributed by atoms with E-state index >= 15 is 0 Å². The van der Waals surface area contributed by atoms with Gasteiger partial charge in [-0.1, -0.05) is 0 Å². The van der Waals surface area contributed by atoms with Crippen molar-refractivity contribution in [3.05, 3.63) is 59.9 Å². The Kier molecular flexibility index (Phi) is 4.39. The molecule has 0 atom stereocenters. The summed E-state index contributed by atoms with van der Waals surface area (Å²) in [6, 6.07) is 12.6. The Morgan fingerprint density at radius 3 is 2.57 bits per heavy atom. The number of aromatic nitrogens is 4. The normalized spacial score (nSPS) is 14.4. The second-order valence-corrected chi connectivity index (χ2v) is 7.48. The summed E-state index contributed by atoms with van der Waals surface area (Å²) in [6.45, 7) is 4.74. The van der Waals surface area contributed by atoms with Gasteiger partial charge in [0.1, 0.15) is 11.6 Å². The van der Waals surface area contributed by atoms with Gasteiger partial charge in [-0.2, -0.15) is 5.10 Å². The number of fused-ring (bicyclic) bond motifs is 1. The first-order valence-corrected chi connectivity index (χ1v) is 9.93. The molecule has 1 amide bonds. The van der Waals surface area contributed by atoms with Crippen molar-refractivity contribution in [2.45, 2.75) is 6.92 Å². The number of piperazine rings is 1. The minimum Gasteiger partial charge on any atom is -0.508 e. The van der Waals surface area contributed by atoms with Gasteiger partial charge in [0.05, 0.1) is 16.6 Å². The molecule has 3 N–H and O–H groups in total. The number of hydrogen-bond donors (Lipinski definition) is 3. The zero-order valence-corrected chi connectivity index (χ0v) is 16.6. The zero-order valence-electron chi connectivity index (χ0n) is 16.6. The third-order valence-electron chi connectivity index (χ3n) is 5.59. The molecule has 1 saturated heterocycles. The molecule has 152 valence electrons. The van der Waals surface area contributed by atoms with Crippen molar-refractivity contribution < 1.29 is 9.90 Å². The molecular formula is C22H22N6O2. The van der Waals surface area contributed by atoms with Crippen LogP contribution < -0.4 is 4.90 Å². The maximum Gasteiger partial charge on any atom is 0.254 e. The van der Waals surface area contributed by atoms with Crippen molar-refractivity contribution in [1.29, 1.82) is 0 Å². The van der Waals surface area contributed by atoms with Gasteiger partial charge in [0, 0.05) is 43.6 Å². The van der Waals surface area contributed by atoms with Gasteiger partial charge < -0.3 is 19.9 Å². The Morgan fingerprint density at radius 2 is 1.87 bits per heavy atom. The lowest BCUT2D eigenvalue weighted by Crippen LogP contribution is -2.49. The molecule has 5 rings (SSSR count). The van der Waals surface area contributed by atoms with Crippen LogP contribution in [0.3, 0.4) is 0 Å². The van der Waals surface area contributed by atoms with Crippen molar-refractivity contribution in [2.75, 3.05) is 31.1 Å². The third-order valence-corrected chi connectivity index (χ3v) is 5.59. The van der Waals surface area contributed by atoms with Crippen molar-refractivity contribution in [1.82, 2.24) is 25.1 Å². The smallest absolute Gasteiger partial charge is 0.254 e. The van der Waals surface area contributed by atoms with Crippen LogP contribution in [-0.2, 0) is 0 Å². The zero-order chi connectivity index (χ0) is 20.7. The number of hydrogen-bond acceptors (Lipinski definition) is 5. The van der Waals surface area contributed by atoms with Crippen LogP contribution >= 0.6 is 0 Å². The lowest BCUT2D eigenvalue weighted by molar-refractivity contribution is 0.0748. The van der Waals surface area contributed by atoms with Gasteiger partial charge in [-0.05, 0) is 49.4 Å². The van der Waals surface area contributed by atoms with E-state index in [1.165, 1.54) is 0 Å². The number of carbonyl (C=O) groups is 1. The summed E-state index contributed by atoms with van der Waals surface area (Å²) in [5.41, 5.74) is 3.42. The number of aromatic amines is 2. The molecule has 3 aromatic heterocycles. The predicted octanol–water partition coefficient (Wildman–Crippen LogP) is 2.93. The number of carbonyl (C=O) groups excluding carboxylic acids is 1. The third kappa shape index (κ3) is 3.16. The first-order valence-electron chi connectivity index (χ1n) is 9.93. The molecule has 8 nitrogen and oxygen atoms in total. The first-order chi connectivity index (χ1) is 14.6. The molecule has 1 aromatic carbocycles. The number of H-pyrrole nitrogens is 2. The number of nitrogens with one attached hydrogen (secondary N) is 2. The summed E-state index contributed by atoms with van der Waals surface area (Å²) in [6.07, 6.45) is 1.91. The van der Waals surface area contributed by atoms with Gasteiger partial charge >= 0.3 is 0 Å². The fourth-order valence-electron chi connectivity index (χ4n) is 3.96. The van der Waals surface area contributed by atoms with E-state index in [1.807, 2.05) is 36.2 Å². The van der Waals surface area contributed by atoms with Crippen LogP contribution in [0.4, 0.5) is 5.82 Å². The summed E-state index contributed by atoms with van der Waals surface area (Å²) < 4.78 is 0. The predicted molar refractivity (Wildman–Crippen MR) is 115 cm³/mol. The molecule has 1 aliphatic heterocycles. The fraction of sp³-hybridized carbons (Fsp3) is 0.227. The van der Waals surface area contributed by atoms with E-state index in [0.29, 0.717) is 30.0 Å². The van der Waals surface area contributed by atoms with Crippen molar-refractivity contribution in [2.24, 2.45) is 0 Å². The molecule has 1 fully saturated rings. The maximum atomic E-state index is 13.5. The molecule has 0 bridgehead atoms. The Balaban J connectivity index is 1.47. The summed E-state index contributed by atoms with van der Waals surface area (Å²) in [7, 11) is 0. The van der Waals surface area contributed by atoms with Crippen LogP contribution in [0.15, 0.2) is 48.7 Å². The maximum absolute atomic E-state index is 13.5. The lowest BCUT2D eigenvalue weighted by atomic mass is 10.0. The van der Waals surface area contributed by atoms with Crippen molar-refractivity contribution in [3.63, 3.8) is 0 Å². The topological polar surface area (TPSA) is 101 Å². The second-order valence-electron chi connectivity index (χ2n) is 7.48. The Bertz CT molecular complexity index is 1190. The number of phenols is 1. The van der Waals surface area contributed by atoms with Gasteiger partial charge in [-0.15, -0.1) is 0 Å². The monoisotopic (exact) mass is 402 g/mol. The van der Waals surface area contributed by atoms with Crippen LogP contribution in [0.1, 0.15) is 16.1 Å². The summed E-state index contributed by atoms with van der Waals surface area (Å²) in [5, 5.41) is 17.6. The minimum atomic E-state index is -0.0157. The van der Waals surface area contributed by atoms with Crippen LogP contribution in [0.5, 0.6) is 5.75 Å². The van der Waals surface area contributed by atoms with Crippen molar-refractivity contribution in [3.8, 4) is 17.0 Å². The van der Waals surface area contributed by atoms with E-state index in [1.54, 1.807) is 24.3 Å². The Hall–Kier alpha value is -3.81. The molecule has 4 heterocycles. The molecule has 8 heteroatoms. The number of amides is 1. The number of pyridine rings is 1. The molecular weight excluding hydrogens is 380 g/mol. The molecule has 0 aliphatic carbocycles. The number of anilines is 1. The molecule has 0 spiro atoms. The van der Waals surface area contributed by atoms with Gasteiger partial charge in [-0.3, -0.25) is 9.89 Å². The van der Waals surface area contributed by atoms with Crippen LogP contribution in [0, 0.1) is 6.92 Å². The lowest BCUT2D eigenvalue weighted by Gasteiger charge is -2.35. The highest BCUT2D eigenvalue weighted by Crippen LogP contribution is 2.28. The summed E-state index contributed by atoms with van der Waals surface area (Å²) in [4.78, 5) is 25.5. The highest BCUT2D eigenvalue weighted by atomic mass is 16.3. The van der Waals surface area contributed by atoms with Gasteiger partial charge in [0.2, 0.25) is 0 Å². The Morgan fingerprint density at radius 1 is 1.10 bits per heavy atom. The van der Waals surface area contributed by atoms with E-state index in [0.717, 1.165) is 35.6 Å². The van der Waals surface area contributed by atoms with Crippen LogP contribution in [0.2, 0.25) is 0 Å². The van der Waals surface area contributed by atoms with E-state index in [9.17, 15) is 9.90 Å². The number of rotatable bonds is 3. The van der Waals surface area contributed by atoms with Gasteiger partial charge in [0.25, 0.3) is 5.91 Å². The fourth-order valence-corrected chi connectivity index (χ4v) is 3.96. The van der Waals surface area contributed by atoms with Crippen LogP contribution in [0.25, 0.3) is 22.3 Å². The standard InChI is InChI=1S/C22H22N6O2/c1-14-20-17(22(30)28-11-9-27(10-12-28)19-3-2-8-23-19)13-18(24-21(20)26-25-14)15-4-6-16(29)7-5-15/h2-8,13,23,29H,9-12H2,1H3,(H,24,25,26). The van der Waals surface area contributed by atoms with E-state index < -0.39 is 0 Å². The van der Waals surface area contributed by atoms with E-state index in [2.05, 4.69) is 25.1 Å². The Labute approximate surface area is 173 Å². The molecule has 1 aliphatic rings. The number of benzene rings is 1. The second kappa shape index (κ2) is 7.22. The van der Waals surface area contributed by atoms with E-state index in [-0.39, 0.29) is 11.7 Å². The molecule has 0 saturated carbocycles. The van der Waals surface area contributed by atoms with Gasteiger partial charge in [-0.25, -0.2) is 4.98 Å². The molecule has 0 unspecified atom stereocenters. The molecule has 0 radical (unpaired) electrons. The first kappa shape index (κ1) is 18.2. The average Bonchev–Trinajstić information content (AvgIpc) is 3.44. The number of nitrogens with zero attached hydrogens (tertiary/aromatic N) is 4. The summed E-state index contributed by atoms with van der Waals surface area (Å²) in [5.74, 6) is 1.25. The number of aromatic hydroxyl groups is 1. The SMILES string of the molecule is Cc1[nH]nc2nc(-c3ccc(O)cc3)cc(C(=O)N3CCN(c4ccc[nH]4)CC3)c12. The quantitative estimate of drug-likeness (QED) is 0.489. The molecule has 30 heavy (non-hydrogen) atoms. The summed E-state index contributed by atoms with van der Waals surface area (Å²) >= 11 is 0. The van der Waals surface area contributed by atoms with Crippen molar-refractivity contribution >= 4 is 22.8 Å². The molecule has 4 aromatic rings. The van der Waals surface area contributed by atoms with Crippen LogP contribution in [-0.4, -0.2) is 62.3 Å².